The summed E-state index contributed by atoms with van der Waals surface area (Å²) in [5, 5.41) is 9.95. The molecule has 0 aromatic rings. The smallest absolute Gasteiger partial charge is 0.410 e. The minimum absolute atomic E-state index is 0.0887. The van der Waals surface area contributed by atoms with Crippen molar-refractivity contribution in [3.8, 4) is 0 Å². The van der Waals surface area contributed by atoms with Gasteiger partial charge in [0.25, 0.3) is 0 Å². The molecule has 1 atom stereocenters. The second kappa shape index (κ2) is 4.52. The third kappa shape index (κ3) is 3.33. The number of aliphatic hydroxyl groups is 1. The van der Waals surface area contributed by atoms with Crippen molar-refractivity contribution in [1.29, 1.82) is 0 Å². The van der Waals surface area contributed by atoms with Crippen LogP contribution in [0.25, 0.3) is 0 Å². The normalized spacial score (nSPS) is 24.6. The molecule has 0 aromatic heterocycles. The van der Waals surface area contributed by atoms with Crippen LogP contribution in [-0.4, -0.2) is 53.5 Å². The van der Waals surface area contributed by atoms with E-state index in [9.17, 15) is 14.7 Å². The minimum Gasteiger partial charge on any atom is -0.467 e. The molecule has 1 rings (SSSR count). The summed E-state index contributed by atoms with van der Waals surface area (Å²) >= 11 is 0. The molecule has 1 saturated heterocycles. The van der Waals surface area contributed by atoms with Crippen LogP contribution < -0.4 is 0 Å². The van der Waals surface area contributed by atoms with Crippen molar-refractivity contribution in [2.75, 3.05) is 20.2 Å². The Morgan fingerprint density at radius 3 is 2.41 bits per heavy atom. The quantitative estimate of drug-likeness (QED) is 0.682. The highest BCUT2D eigenvalue weighted by atomic mass is 16.6. The highest BCUT2D eigenvalue weighted by Crippen LogP contribution is 2.24. The van der Waals surface area contributed by atoms with Crippen molar-refractivity contribution in [3.05, 3.63) is 0 Å². The summed E-state index contributed by atoms with van der Waals surface area (Å²) in [7, 11) is 1.20. The van der Waals surface area contributed by atoms with Gasteiger partial charge in [0.05, 0.1) is 13.7 Å². The molecule has 1 aliphatic rings. The molecular weight excluding hydrogens is 226 g/mol. The Balaban J connectivity index is 2.62. The topological polar surface area (TPSA) is 76.1 Å². The van der Waals surface area contributed by atoms with Crippen LogP contribution in [-0.2, 0) is 14.3 Å². The maximum absolute atomic E-state index is 11.7. The monoisotopic (exact) mass is 245 g/mol. The molecule has 6 heteroatoms. The SMILES string of the molecule is COC(=O)[C@]1(O)CCN(C(=O)OC(C)(C)C)C1. The molecule has 6 nitrogen and oxygen atoms in total. The third-order valence-electron chi connectivity index (χ3n) is 2.46. The Morgan fingerprint density at radius 1 is 1.35 bits per heavy atom. The zero-order valence-corrected chi connectivity index (χ0v) is 10.6. The van der Waals surface area contributed by atoms with Gasteiger partial charge >= 0.3 is 12.1 Å². The maximum Gasteiger partial charge on any atom is 0.410 e. The van der Waals surface area contributed by atoms with Gasteiger partial charge in [0, 0.05) is 13.0 Å². The lowest BCUT2D eigenvalue weighted by Gasteiger charge is -2.25. The fourth-order valence-corrected chi connectivity index (χ4v) is 1.63. The van der Waals surface area contributed by atoms with Gasteiger partial charge in [-0.1, -0.05) is 0 Å². The zero-order valence-electron chi connectivity index (χ0n) is 10.6. The summed E-state index contributed by atoms with van der Waals surface area (Å²) in [4.78, 5) is 24.3. The van der Waals surface area contributed by atoms with Crippen LogP contribution in [0.4, 0.5) is 4.79 Å². The average Bonchev–Trinajstić information content (AvgIpc) is 2.58. The first kappa shape index (κ1) is 13.8. The van der Waals surface area contributed by atoms with Gasteiger partial charge in [-0.25, -0.2) is 9.59 Å². The van der Waals surface area contributed by atoms with E-state index in [2.05, 4.69) is 4.74 Å². The van der Waals surface area contributed by atoms with Crippen LogP contribution in [0.5, 0.6) is 0 Å². The largest absolute Gasteiger partial charge is 0.467 e. The van der Waals surface area contributed by atoms with E-state index in [0.717, 1.165) is 0 Å². The number of ether oxygens (including phenoxy) is 2. The number of carbonyl (C=O) groups is 2. The van der Waals surface area contributed by atoms with E-state index < -0.39 is 23.3 Å². The second-order valence-electron chi connectivity index (χ2n) is 5.18. The standard InChI is InChI=1S/C11H19NO5/c1-10(2,3)17-9(14)12-6-5-11(15,7-12)8(13)16-4/h15H,5-7H2,1-4H3/t11-/m0/s1. The Morgan fingerprint density at radius 2 is 1.94 bits per heavy atom. The van der Waals surface area contributed by atoms with Gasteiger partial charge in [-0.2, -0.15) is 0 Å². The summed E-state index contributed by atoms with van der Waals surface area (Å²) in [5.41, 5.74) is -2.20. The van der Waals surface area contributed by atoms with Crippen molar-refractivity contribution in [3.63, 3.8) is 0 Å². The second-order valence-corrected chi connectivity index (χ2v) is 5.18. The lowest BCUT2D eigenvalue weighted by atomic mass is 10.0. The fourth-order valence-electron chi connectivity index (χ4n) is 1.63. The first-order valence-corrected chi connectivity index (χ1v) is 5.47. The Labute approximate surface area is 100 Å². The number of carbonyl (C=O) groups excluding carboxylic acids is 2. The molecule has 0 aliphatic carbocycles. The molecule has 0 unspecified atom stereocenters. The van der Waals surface area contributed by atoms with Crippen LogP contribution in [0.15, 0.2) is 0 Å². The molecule has 0 bridgehead atoms. The Kier molecular flexibility index (Phi) is 3.66. The predicted molar refractivity (Wildman–Crippen MR) is 59.4 cm³/mol. The number of hydrogen-bond acceptors (Lipinski definition) is 5. The van der Waals surface area contributed by atoms with Crippen molar-refractivity contribution in [2.45, 2.75) is 38.4 Å². The number of hydrogen-bond donors (Lipinski definition) is 1. The Hall–Kier alpha value is -1.30. The number of β-amino-alcohol motifs (C(OH)–C–C–N with tert-alkyl or cyclic N) is 1. The van der Waals surface area contributed by atoms with E-state index in [1.165, 1.54) is 12.0 Å². The van der Waals surface area contributed by atoms with Gasteiger partial charge in [0.2, 0.25) is 0 Å². The predicted octanol–water partition coefficient (Wildman–Crippen LogP) is 0.531. The first-order chi connectivity index (χ1) is 7.68. The van der Waals surface area contributed by atoms with Gasteiger partial charge in [-0.15, -0.1) is 0 Å². The maximum atomic E-state index is 11.7. The molecule has 1 fully saturated rings. The van der Waals surface area contributed by atoms with Gasteiger partial charge < -0.3 is 19.5 Å². The molecular formula is C11H19NO5. The van der Waals surface area contributed by atoms with Crippen LogP contribution in [0, 0.1) is 0 Å². The van der Waals surface area contributed by atoms with E-state index >= 15 is 0 Å². The van der Waals surface area contributed by atoms with Crippen LogP contribution in [0.2, 0.25) is 0 Å². The zero-order chi connectivity index (χ0) is 13.3. The number of nitrogens with zero attached hydrogens (tertiary/aromatic N) is 1. The highest BCUT2D eigenvalue weighted by molar-refractivity contribution is 5.81. The van der Waals surface area contributed by atoms with Gasteiger partial charge in [-0.05, 0) is 20.8 Å². The summed E-state index contributed by atoms with van der Waals surface area (Å²) in [6, 6.07) is 0. The molecule has 0 aromatic carbocycles. The van der Waals surface area contributed by atoms with E-state index in [0.29, 0.717) is 0 Å². The van der Waals surface area contributed by atoms with Gasteiger partial charge in [0.1, 0.15) is 5.60 Å². The van der Waals surface area contributed by atoms with Crippen molar-refractivity contribution < 1.29 is 24.2 Å². The van der Waals surface area contributed by atoms with E-state index in [1.54, 1.807) is 20.8 Å². The molecule has 1 N–H and O–H groups in total. The Bertz CT molecular complexity index is 322. The van der Waals surface area contributed by atoms with Crippen molar-refractivity contribution in [1.82, 2.24) is 4.90 Å². The molecule has 0 spiro atoms. The van der Waals surface area contributed by atoms with Gasteiger partial charge in [0.15, 0.2) is 5.60 Å². The lowest BCUT2D eigenvalue weighted by Crippen LogP contribution is -2.44. The summed E-state index contributed by atoms with van der Waals surface area (Å²) < 4.78 is 9.65. The highest BCUT2D eigenvalue weighted by Gasteiger charge is 2.46. The minimum atomic E-state index is -1.61. The van der Waals surface area contributed by atoms with Crippen LogP contribution in [0.1, 0.15) is 27.2 Å². The lowest BCUT2D eigenvalue weighted by molar-refractivity contribution is -0.160. The summed E-state index contributed by atoms with van der Waals surface area (Å²) in [5.74, 6) is -0.719. The summed E-state index contributed by atoms with van der Waals surface area (Å²) in [6.07, 6.45) is -0.365. The molecule has 1 amide bonds. The number of methoxy groups -OCH3 is 1. The number of amides is 1. The number of esters is 1. The number of rotatable bonds is 1. The van der Waals surface area contributed by atoms with Crippen LogP contribution in [0.3, 0.4) is 0 Å². The van der Waals surface area contributed by atoms with Crippen LogP contribution >= 0.6 is 0 Å². The molecule has 1 heterocycles. The molecule has 0 radical (unpaired) electrons. The van der Waals surface area contributed by atoms with E-state index in [-0.39, 0.29) is 19.5 Å². The number of likely N-dealkylation sites (tertiary alicyclic amines) is 1. The summed E-state index contributed by atoms with van der Waals surface area (Å²) in [6.45, 7) is 5.46. The molecule has 1 aliphatic heterocycles. The average molecular weight is 245 g/mol. The van der Waals surface area contributed by atoms with Crippen molar-refractivity contribution in [2.24, 2.45) is 0 Å². The van der Waals surface area contributed by atoms with Crippen molar-refractivity contribution >= 4 is 12.1 Å². The fraction of sp³-hybridized carbons (Fsp3) is 0.818. The molecule has 17 heavy (non-hydrogen) atoms. The molecule has 0 saturated carbocycles. The van der Waals surface area contributed by atoms with E-state index in [1.807, 2.05) is 0 Å². The first-order valence-electron chi connectivity index (χ1n) is 5.47. The molecule has 98 valence electrons. The van der Waals surface area contributed by atoms with E-state index in [4.69, 9.17) is 4.74 Å². The van der Waals surface area contributed by atoms with Gasteiger partial charge in [-0.3, -0.25) is 0 Å². The third-order valence-corrected chi connectivity index (χ3v) is 2.46.